The Morgan fingerprint density at radius 3 is 2.94 bits per heavy atom. The fourth-order valence-corrected chi connectivity index (χ4v) is 2.46. The lowest BCUT2D eigenvalue weighted by atomic mass is 9.79. The molecule has 3 rings (SSSR count). The number of hydrogen-bond donors (Lipinski definition) is 1. The number of carbonyl (C=O) groups is 1. The summed E-state index contributed by atoms with van der Waals surface area (Å²) < 4.78 is 5.39. The number of ether oxygens (including phenoxy) is 1. The van der Waals surface area contributed by atoms with Crippen molar-refractivity contribution in [2.24, 2.45) is 5.41 Å². The topological polar surface area (TPSA) is 75.5 Å². The molecule has 1 spiro atoms. The summed E-state index contributed by atoms with van der Waals surface area (Å²) >= 11 is 0. The van der Waals surface area contributed by atoms with Crippen molar-refractivity contribution in [1.29, 1.82) is 0 Å². The highest BCUT2D eigenvalue weighted by Crippen LogP contribution is 2.39. The van der Waals surface area contributed by atoms with Gasteiger partial charge in [0, 0.05) is 31.2 Å². The molecule has 0 aromatic carbocycles. The molecule has 0 bridgehead atoms. The standard InChI is InChI=1S/C11H13N3O3/c15-10(16)8-3-9(13-7-12-8)14-4-11(5-14)1-2-17-6-11/h3,7H,1-2,4-6H2,(H,15,16). The summed E-state index contributed by atoms with van der Waals surface area (Å²) in [6, 6.07) is 1.52. The van der Waals surface area contributed by atoms with Gasteiger partial charge in [0.15, 0.2) is 5.69 Å². The van der Waals surface area contributed by atoms with E-state index in [4.69, 9.17) is 9.84 Å². The maximum Gasteiger partial charge on any atom is 0.354 e. The first-order valence-electron chi connectivity index (χ1n) is 5.57. The third-order valence-corrected chi connectivity index (χ3v) is 3.43. The maximum atomic E-state index is 10.8. The molecule has 2 aliphatic heterocycles. The Morgan fingerprint density at radius 2 is 2.29 bits per heavy atom. The minimum absolute atomic E-state index is 0.0404. The molecule has 0 amide bonds. The Labute approximate surface area is 98.2 Å². The van der Waals surface area contributed by atoms with Gasteiger partial charge in [-0.2, -0.15) is 0 Å². The molecule has 2 fully saturated rings. The van der Waals surface area contributed by atoms with Crippen LogP contribution in [-0.4, -0.2) is 47.3 Å². The van der Waals surface area contributed by atoms with Crippen molar-refractivity contribution < 1.29 is 14.6 Å². The SMILES string of the molecule is O=C(O)c1cc(N2CC3(CCOC3)C2)ncn1. The highest BCUT2D eigenvalue weighted by Gasteiger charge is 2.46. The van der Waals surface area contributed by atoms with Crippen molar-refractivity contribution in [3.05, 3.63) is 18.1 Å². The van der Waals surface area contributed by atoms with Gasteiger partial charge in [-0.3, -0.25) is 0 Å². The smallest absolute Gasteiger partial charge is 0.354 e. The van der Waals surface area contributed by atoms with Crippen LogP contribution in [0.1, 0.15) is 16.9 Å². The van der Waals surface area contributed by atoms with Crippen LogP contribution in [0.2, 0.25) is 0 Å². The van der Waals surface area contributed by atoms with Crippen LogP contribution in [-0.2, 0) is 4.74 Å². The van der Waals surface area contributed by atoms with Gasteiger partial charge in [-0.1, -0.05) is 0 Å². The summed E-state index contributed by atoms with van der Waals surface area (Å²) in [5, 5.41) is 8.86. The van der Waals surface area contributed by atoms with E-state index in [9.17, 15) is 4.79 Å². The van der Waals surface area contributed by atoms with Gasteiger partial charge in [-0.05, 0) is 6.42 Å². The fourth-order valence-electron chi connectivity index (χ4n) is 2.46. The van der Waals surface area contributed by atoms with E-state index >= 15 is 0 Å². The summed E-state index contributed by atoms with van der Waals surface area (Å²) in [5.41, 5.74) is 0.313. The van der Waals surface area contributed by atoms with Gasteiger partial charge in [0.05, 0.1) is 6.61 Å². The molecule has 1 N–H and O–H groups in total. The van der Waals surface area contributed by atoms with E-state index in [0.29, 0.717) is 5.82 Å². The van der Waals surface area contributed by atoms with Gasteiger partial charge in [-0.25, -0.2) is 14.8 Å². The molecule has 6 heteroatoms. The van der Waals surface area contributed by atoms with Crippen LogP contribution in [0.5, 0.6) is 0 Å². The zero-order valence-corrected chi connectivity index (χ0v) is 9.30. The summed E-state index contributed by atoms with van der Waals surface area (Å²) in [7, 11) is 0. The molecule has 0 atom stereocenters. The van der Waals surface area contributed by atoms with Crippen LogP contribution < -0.4 is 4.90 Å². The lowest BCUT2D eigenvalue weighted by Gasteiger charge is -2.47. The van der Waals surface area contributed by atoms with Gasteiger partial charge in [-0.15, -0.1) is 0 Å². The molecule has 17 heavy (non-hydrogen) atoms. The summed E-state index contributed by atoms with van der Waals surface area (Å²) in [6.45, 7) is 3.42. The quantitative estimate of drug-likeness (QED) is 0.799. The first-order valence-corrected chi connectivity index (χ1v) is 5.57. The number of hydrogen-bond acceptors (Lipinski definition) is 5. The van der Waals surface area contributed by atoms with Crippen molar-refractivity contribution in [2.45, 2.75) is 6.42 Å². The molecule has 1 aromatic rings. The highest BCUT2D eigenvalue weighted by atomic mass is 16.5. The minimum atomic E-state index is -1.02. The maximum absolute atomic E-state index is 10.8. The molecule has 0 radical (unpaired) electrons. The molecule has 0 aliphatic carbocycles. The van der Waals surface area contributed by atoms with Crippen molar-refractivity contribution >= 4 is 11.8 Å². The Morgan fingerprint density at radius 1 is 1.47 bits per heavy atom. The van der Waals surface area contributed by atoms with E-state index in [0.717, 1.165) is 32.7 Å². The van der Waals surface area contributed by atoms with E-state index in [1.165, 1.54) is 12.4 Å². The molecule has 2 aliphatic rings. The summed E-state index contributed by atoms with van der Waals surface area (Å²) in [6.07, 6.45) is 2.38. The number of anilines is 1. The minimum Gasteiger partial charge on any atom is -0.477 e. The van der Waals surface area contributed by atoms with Gasteiger partial charge in [0.25, 0.3) is 0 Å². The van der Waals surface area contributed by atoms with Crippen LogP contribution in [0.4, 0.5) is 5.82 Å². The predicted octanol–water partition coefficient (Wildman–Crippen LogP) is 0.401. The third-order valence-electron chi connectivity index (χ3n) is 3.43. The van der Waals surface area contributed by atoms with E-state index < -0.39 is 5.97 Å². The Hall–Kier alpha value is -1.69. The molecular weight excluding hydrogens is 222 g/mol. The van der Waals surface area contributed by atoms with Crippen molar-refractivity contribution in [2.75, 3.05) is 31.2 Å². The normalized spacial score (nSPS) is 21.5. The average molecular weight is 235 g/mol. The molecule has 2 saturated heterocycles. The second kappa shape index (κ2) is 3.66. The highest BCUT2D eigenvalue weighted by molar-refractivity contribution is 5.86. The van der Waals surface area contributed by atoms with Crippen LogP contribution in [0.15, 0.2) is 12.4 Å². The van der Waals surface area contributed by atoms with Crippen molar-refractivity contribution in [1.82, 2.24) is 9.97 Å². The zero-order valence-electron chi connectivity index (χ0n) is 9.30. The number of aromatic nitrogens is 2. The van der Waals surface area contributed by atoms with Crippen LogP contribution >= 0.6 is 0 Å². The first-order chi connectivity index (χ1) is 8.19. The van der Waals surface area contributed by atoms with E-state index in [1.807, 2.05) is 0 Å². The second-order valence-electron chi connectivity index (χ2n) is 4.73. The van der Waals surface area contributed by atoms with Crippen molar-refractivity contribution in [3.8, 4) is 0 Å². The first kappa shape index (κ1) is 10.5. The fraction of sp³-hybridized carbons (Fsp3) is 0.545. The molecule has 0 saturated carbocycles. The van der Waals surface area contributed by atoms with E-state index in [2.05, 4.69) is 14.9 Å². The second-order valence-corrected chi connectivity index (χ2v) is 4.73. The van der Waals surface area contributed by atoms with Crippen LogP contribution in [0, 0.1) is 5.41 Å². The summed E-state index contributed by atoms with van der Waals surface area (Å²) in [4.78, 5) is 20.7. The Balaban J connectivity index is 1.74. The van der Waals surface area contributed by atoms with Crippen molar-refractivity contribution in [3.63, 3.8) is 0 Å². The van der Waals surface area contributed by atoms with Gasteiger partial charge < -0.3 is 14.7 Å². The average Bonchev–Trinajstić information content (AvgIpc) is 2.76. The number of rotatable bonds is 2. The summed E-state index contributed by atoms with van der Waals surface area (Å²) in [5.74, 6) is -0.331. The number of nitrogens with zero attached hydrogens (tertiary/aromatic N) is 3. The monoisotopic (exact) mass is 235 g/mol. The van der Waals surface area contributed by atoms with E-state index in [-0.39, 0.29) is 11.1 Å². The number of aromatic carboxylic acids is 1. The number of carboxylic acid groups (broad SMARTS) is 1. The molecule has 1 aromatic heterocycles. The van der Waals surface area contributed by atoms with E-state index in [1.54, 1.807) is 0 Å². The largest absolute Gasteiger partial charge is 0.477 e. The number of carboxylic acids is 1. The zero-order chi connectivity index (χ0) is 11.9. The predicted molar refractivity (Wildman–Crippen MR) is 59.1 cm³/mol. The molecular formula is C11H13N3O3. The third kappa shape index (κ3) is 1.74. The van der Waals surface area contributed by atoms with Crippen LogP contribution in [0.25, 0.3) is 0 Å². The van der Waals surface area contributed by atoms with Gasteiger partial charge in [0.1, 0.15) is 12.1 Å². The Kier molecular flexibility index (Phi) is 2.25. The molecule has 0 unspecified atom stereocenters. The lowest BCUT2D eigenvalue weighted by Crippen LogP contribution is -2.57. The molecule has 90 valence electrons. The molecule has 3 heterocycles. The molecule has 6 nitrogen and oxygen atoms in total. The van der Waals surface area contributed by atoms with Gasteiger partial charge in [0.2, 0.25) is 0 Å². The lowest BCUT2D eigenvalue weighted by molar-refractivity contribution is 0.0690. The van der Waals surface area contributed by atoms with Gasteiger partial charge >= 0.3 is 5.97 Å². The van der Waals surface area contributed by atoms with Crippen LogP contribution in [0.3, 0.4) is 0 Å². The Bertz CT molecular complexity index is 449.